The topological polar surface area (TPSA) is 99.1 Å². The van der Waals surface area contributed by atoms with Gasteiger partial charge in [0, 0.05) is 50.6 Å². The molecule has 0 spiro atoms. The van der Waals surface area contributed by atoms with Gasteiger partial charge in [-0.25, -0.2) is 0 Å². The van der Waals surface area contributed by atoms with Crippen LogP contribution < -0.4 is 15.0 Å². The second-order valence-electron chi connectivity index (χ2n) is 8.24. The number of ketones is 1. The third-order valence-corrected chi connectivity index (χ3v) is 6.02. The van der Waals surface area contributed by atoms with Crippen LogP contribution in [0.5, 0.6) is 5.75 Å². The second-order valence-corrected chi connectivity index (χ2v) is 8.24. The molecule has 0 saturated heterocycles. The lowest BCUT2D eigenvalue weighted by Gasteiger charge is -2.36. The highest BCUT2D eigenvalue weighted by atomic mass is 16.5. The summed E-state index contributed by atoms with van der Waals surface area (Å²) in [5, 5.41) is 21.5. The molecule has 7 nitrogen and oxygen atoms in total. The van der Waals surface area contributed by atoms with E-state index >= 15 is 0 Å². The molecule has 1 fully saturated rings. The minimum Gasteiger partial charge on any atom is -0.489 e. The van der Waals surface area contributed by atoms with Crippen LogP contribution in [-0.4, -0.2) is 60.9 Å². The summed E-state index contributed by atoms with van der Waals surface area (Å²) in [4.78, 5) is 27.0. The molecule has 7 heteroatoms. The maximum Gasteiger partial charge on any atom is 0.251 e. The third-order valence-electron chi connectivity index (χ3n) is 6.02. The van der Waals surface area contributed by atoms with Crippen LogP contribution in [0.4, 0.5) is 5.69 Å². The molecule has 3 N–H and O–H groups in total. The van der Waals surface area contributed by atoms with Crippen molar-refractivity contribution in [1.82, 2.24) is 5.32 Å². The van der Waals surface area contributed by atoms with Gasteiger partial charge < -0.3 is 25.2 Å². The van der Waals surface area contributed by atoms with Gasteiger partial charge in [0.2, 0.25) is 0 Å². The molecular formula is C22H32N2O5. The highest BCUT2D eigenvalue weighted by Crippen LogP contribution is 2.35. The van der Waals surface area contributed by atoms with Crippen LogP contribution in [0.15, 0.2) is 18.2 Å². The van der Waals surface area contributed by atoms with Gasteiger partial charge in [-0.05, 0) is 31.0 Å². The largest absolute Gasteiger partial charge is 0.489 e. The quantitative estimate of drug-likeness (QED) is 0.612. The van der Waals surface area contributed by atoms with E-state index in [2.05, 4.69) is 5.32 Å². The van der Waals surface area contributed by atoms with Crippen LogP contribution in [0, 0.1) is 5.92 Å². The highest BCUT2D eigenvalue weighted by molar-refractivity contribution is 5.96. The SMILES string of the molecule is CN1c2cc(C(=O)NC3CCCCC3)ccc2OCC1CC(=O)CC(CO)CO. The standard InChI is InChI=1S/C22H32N2O5/c1-24-18(11-19(27)9-15(12-25)13-26)14-29-21-8-7-16(10-20(21)24)22(28)23-17-5-3-2-4-6-17/h7-8,10,15,17-18,25-26H,2-6,9,11-14H2,1H3,(H,23,28). The number of aliphatic hydroxyl groups is 2. The molecule has 1 unspecified atom stereocenters. The molecule has 1 aromatic carbocycles. The number of hydrogen-bond donors (Lipinski definition) is 3. The fourth-order valence-corrected chi connectivity index (χ4v) is 4.12. The van der Waals surface area contributed by atoms with E-state index in [0.29, 0.717) is 17.9 Å². The van der Waals surface area contributed by atoms with E-state index < -0.39 is 5.92 Å². The van der Waals surface area contributed by atoms with Gasteiger partial charge in [-0.3, -0.25) is 9.59 Å². The number of carbonyl (C=O) groups is 2. The number of ether oxygens (including phenoxy) is 1. The molecule has 1 heterocycles. The average molecular weight is 405 g/mol. The summed E-state index contributed by atoms with van der Waals surface area (Å²) in [5.41, 5.74) is 1.39. The van der Waals surface area contributed by atoms with E-state index in [0.717, 1.165) is 31.4 Å². The maximum atomic E-state index is 12.7. The monoisotopic (exact) mass is 404 g/mol. The lowest BCUT2D eigenvalue weighted by Crippen LogP contribution is -2.42. The zero-order chi connectivity index (χ0) is 20.8. The Morgan fingerprint density at radius 1 is 1.21 bits per heavy atom. The van der Waals surface area contributed by atoms with Crippen LogP contribution in [0.1, 0.15) is 55.3 Å². The Kier molecular flexibility index (Phi) is 7.50. The van der Waals surface area contributed by atoms with Crippen LogP contribution in [-0.2, 0) is 4.79 Å². The van der Waals surface area contributed by atoms with Crippen molar-refractivity contribution >= 4 is 17.4 Å². The average Bonchev–Trinajstić information content (AvgIpc) is 2.74. The summed E-state index contributed by atoms with van der Waals surface area (Å²) >= 11 is 0. The number of nitrogens with zero attached hydrogens (tertiary/aromatic N) is 1. The Morgan fingerprint density at radius 2 is 1.93 bits per heavy atom. The molecular weight excluding hydrogens is 372 g/mol. The van der Waals surface area contributed by atoms with Gasteiger partial charge in [-0.15, -0.1) is 0 Å². The number of nitrogens with one attached hydrogen (secondary N) is 1. The van der Waals surface area contributed by atoms with Crippen molar-refractivity contribution in [3.05, 3.63) is 23.8 Å². The van der Waals surface area contributed by atoms with E-state index in [1.54, 1.807) is 6.07 Å². The summed E-state index contributed by atoms with van der Waals surface area (Å²) in [7, 11) is 1.90. The molecule has 1 saturated carbocycles. The lowest BCUT2D eigenvalue weighted by atomic mass is 9.95. The number of amides is 1. The molecule has 160 valence electrons. The third kappa shape index (κ3) is 5.48. The van der Waals surface area contributed by atoms with E-state index in [-0.39, 0.29) is 49.8 Å². The molecule has 1 aromatic rings. The number of likely N-dealkylation sites (N-methyl/N-ethyl adjacent to an activating group) is 1. The molecule has 0 bridgehead atoms. The smallest absolute Gasteiger partial charge is 0.251 e. The van der Waals surface area contributed by atoms with Gasteiger partial charge >= 0.3 is 0 Å². The highest BCUT2D eigenvalue weighted by Gasteiger charge is 2.28. The molecule has 0 aromatic heterocycles. The normalized spacial score (nSPS) is 19.6. The van der Waals surface area contributed by atoms with Gasteiger partial charge in [0.1, 0.15) is 18.1 Å². The van der Waals surface area contributed by atoms with Gasteiger partial charge in [-0.1, -0.05) is 19.3 Å². The van der Waals surface area contributed by atoms with Gasteiger partial charge in [0.25, 0.3) is 5.91 Å². The van der Waals surface area contributed by atoms with E-state index in [9.17, 15) is 19.8 Å². The number of anilines is 1. The molecule has 1 aliphatic carbocycles. The van der Waals surface area contributed by atoms with Gasteiger partial charge in [0.15, 0.2) is 0 Å². The van der Waals surface area contributed by atoms with Crippen LogP contribution in [0.2, 0.25) is 0 Å². The Balaban J connectivity index is 1.65. The van der Waals surface area contributed by atoms with Crippen LogP contribution in [0.3, 0.4) is 0 Å². The summed E-state index contributed by atoms with van der Waals surface area (Å²) in [5.74, 6) is 0.196. The van der Waals surface area contributed by atoms with Crippen molar-refractivity contribution in [1.29, 1.82) is 0 Å². The van der Waals surface area contributed by atoms with Gasteiger partial charge in [-0.2, -0.15) is 0 Å². The Morgan fingerprint density at radius 3 is 2.62 bits per heavy atom. The fourth-order valence-electron chi connectivity index (χ4n) is 4.12. The maximum absolute atomic E-state index is 12.7. The van der Waals surface area contributed by atoms with Crippen molar-refractivity contribution in [3.8, 4) is 5.75 Å². The Labute approximate surface area is 172 Å². The first kappa shape index (κ1) is 21.6. The summed E-state index contributed by atoms with van der Waals surface area (Å²) in [6.45, 7) is -0.0329. The van der Waals surface area contributed by atoms with Crippen molar-refractivity contribution in [2.24, 2.45) is 5.92 Å². The first-order valence-electron chi connectivity index (χ1n) is 10.6. The molecule has 2 aliphatic rings. The fraction of sp³-hybridized carbons (Fsp3) is 0.636. The van der Waals surface area contributed by atoms with Crippen molar-refractivity contribution < 1.29 is 24.5 Å². The number of aliphatic hydroxyl groups excluding tert-OH is 2. The predicted octanol–water partition coefficient (Wildman–Crippen LogP) is 1.90. The minimum atomic E-state index is -0.417. The van der Waals surface area contributed by atoms with Crippen LogP contribution >= 0.6 is 0 Å². The minimum absolute atomic E-state index is 0.0202. The first-order chi connectivity index (χ1) is 14.0. The Hall–Kier alpha value is -2.12. The molecule has 1 atom stereocenters. The zero-order valence-electron chi connectivity index (χ0n) is 17.1. The Bertz CT molecular complexity index is 713. The molecule has 1 amide bonds. The summed E-state index contributed by atoms with van der Waals surface area (Å²) in [6.07, 6.45) is 6.05. The van der Waals surface area contributed by atoms with Crippen molar-refractivity contribution in [2.75, 3.05) is 31.8 Å². The number of rotatable bonds is 8. The van der Waals surface area contributed by atoms with E-state index in [4.69, 9.17) is 4.74 Å². The number of hydrogen-bond acceptors (Lipinski definition) is 6. The van der Waals surface area contributed by atoms with E-state index in [1.807, 2.05) is 24.1 Å². The second kappa shape index (κ2) is 10.1. The summed E-state index contributed by atoms with van der Waals surface area (Å²) in [6, 6.07) is 5.52. The van der Waals surface area contributed by atoms with Gasteiger partial charge in [0.05, 0.1) is 11.7 Å². The number of carbonyl (C=O) groups excluding carboxylic acids is 2. The molecule has 0 radical (unpaired) electrons. The predicted molar refractivity (Wildman–Crippen MR) is 110 cm³/mol. The molecule has 1 aliphatic heterocycles. The molecule has 29 heavy (non-hydrogen) atoms. The zero-order valence-corrected chi connectivity index (χ0v) is 17.1. The summed E-state index contributed by atoms with van der Waals surface area (Å²) < 4.78 is 5.83. The van der Waals surface area contributed by atoms with Crippen molar-refractivity contribution in [2.45, 2.75) is 57.0 Å². The number of benzene rings is 1. The molecule has 3 rings (SSSR count). The lowest BCUT2D eigenvalue weighted by molar-refractivity contribution is -0.121. The number of Topliss-reactive ketones (excluding diaryl/α,β-unsaturated/α-hetero) is 1. The van der Waals surface area contributed by atoms with Crippen molar-refractivity contribution in [3.63, 3.8) is 0 Å². The van der Waals surface area contributed by atoms with E-state index in [1.165, 1.54) is 6.42 Å². The van der Waals surface area contributed by atoms with Crippen LogP contribution in [0.25, 0.3) is 0 Å². The number of fused-ring (bicyclic) bond motifs is 1. The first-order valence-corrected chi connectivity index (χ1v) is 10.6.